The SMILES string of the molecule is COC(=O)CCCC1CCCC(c2ccccc2)C12OCCO2. The lowest BCUT2D eigenvalue weighted by Gasteiger charge is -2.45. The molecular formula is C19H26O4. The van der Waals surface area contributed by atoms with Crippen molar-refractivity contribution in [1.29, 1.82) is 0 Å². The maximum absolute atomic E-state index is 11.4. The van der Waals surface area contributed by atoms with Crippen LogP contribution in [0.3, 0.4) is 0 Å². The summed E-state index contributed by atoms with van der Waals surface area (Å²) < 4.78 is 17.2. The Morgan fingerprint density at radius 1 is 1.22 bits per heavy atom. The standard InChI is InChI=1S/C19H26O4/c1-21-18(20)12-6-10-16-9-5-11-17(15-7-3-2-4-8-15)19(16)22-13-14-23-19/h2-4,7-8,16-17H,5-6,9-14H2,1H3. The van der Waals surface area contributed by atoms with Crippen LogP contribution in [0.4, 0.5) is 0 Å². The molecule has 2 unspecified atom stereocenters. The van der Waals surface area contributed by atoms with E-state index in [9.17, 15) is 4.79 Å². The molecule has 1 saturated carbocycles. The summed E-state index contributed by atoms with van der Waals surface area (Å²) in [5, 5.41) is 0. The second-order valence-corrected chi connectivity index (χ2v) is 6.48. The minimum atomic E-state index is -0.504. The molecule has 1 aromatic rings. The third-order valence-corrected chi connectivity index (χ3v) is 5.20. The Morgan fingerprint density at radius 3 is 2.65 bits per heavy atom. The lowest BCUT2D eigenvalue weighted by molar-refractivity contribution is -0.227. The van der Waals surface area contributed by atoms with Crippen molar-refractivity contribution in [3.63, 3.8) is 0 Å². The molecule has 4 heteroatoms. The highest BCUT2D eigenvalue weighted by atomic mass is 16.7. The number of methoxy groups -OCH3 is 1. The highest BCUT2D eigenvalue weighted by Gasteiger charge is 2.52. The van der Waals surface area contributed by atoms with Crippen molar-refractivity contribution < 1.29 is 19.0 Å². The number of rotatable bonds is 5. The van der Waals surface area contributed by atoms with Crippen LogP contribution in [0.15, 0.2) is 30.3 Å². The topological polar surface area (TPSA) is 44.8 Å². The Morgan fingerprint density at radius 2 is 1.96 bits per heavy atom. The van der Waals surface area contributed by atoms with Crippen LogP contribution >= 0.6 is 0 Å². The molecule has 2 fully saturated rings. The second-order valence-electron chi connectivity index (χ2n) is 6.48. The third kappa shape index (κ3) is 3.43. The summed E-state index contributed by atoms with van der Waals surface area (Å²) >= 11 is 0. The number of benzene rings is 1. The summed E-state index contributed by atoms with van der Waals surface area (Å²) in [5.74, 6) is -0.0187. The number of ether oxygens (including phenoxy) is 3. The molecule has 2 atom stereocenters. The molecule has 1 spiro atoms. The molecule has 126 valence electrons. The van der Waals surface area contributed by atoms with Crippen molar-refractivity contribution in [2.75, 3.05) is 20.3 Å². The molecule has 1 aliphatic carbocycles. The van der Waals surface area contributed by atoms with E-state index in [0.717, 1.165) is 25.7 Å². The highest BCUT2D eigenvalue weighted by molar-refractivity contribution is 5.68. The van der Waals surface area contributed by atoms with E-state index in [1.54, 1.807) is 0 Å². The largest absolute Gasteiger partial charge is 0.469 e. The van der Waals surface area contributed by atoms with Crippen LogP contribution < -0.4 is 0 Å². The van der Waals surface area contributed by atoms with Crippen molar-refractivity contribution in [2.45, 2.75) is 50.2 Å². The molecule has 2 aliphatic rings. The van der Waals surface area contributed by atoms with Crippen molar-refractivity contribution >= 4 is 5.97 Å². The van der Waals surface area contributed by atoms with E-state index in [1.165, 1.54) is 19.1 Å². The molecule has 1 aliphatic heterocycles. The first-order valence-corrected chi connectivity index (χ1v) is 8.66. The van der Waals surface area contributed by atoms with E-state index in [-0.39, 0.29) is 11.9 Å². The first-order valence-electron chi connectivity index (χ1n) is 8.66. The fourth-order valence-corrected chi connectivity index (χ4v) is 4.16. The van der Waals surface area contributed by atoms with Crippen LogP contribution in [0.25, 0.3) is 0 Å². The van der Waals surface area contributed by atoms with Gasteiger partial charge in [-0.1, -0.05) is 36.8 Å². The van der Waals surface area contributed by atoms with Gasteiger partial charge in [-0.05, 0) is 31.2 Å². The van der Waals surface area contributed by atoms with E-state index < -0.39 is 5.79 Å². The third-order valence-electron chi connectivity index (χ3n) is 5.20. The van der Waals surface area contributed by atoms with Crippen LogP contribution in [0.1, 0.15) is 50.0 Å². The first-order chi connectivity index (χ1) is 11.3. The predicted octanol–water partition coefficient (Wildman–Crippen LogP) is 3.66. The number of carbonyl (C=O) groups is 1. The van der Waals surface area contributed by atoms with Crippen molar-refractivity contribution in [3.05, 3.63) is 35.9 Å². The molecule has 0 radical (unpaired) electrons. The van der Waals surface area contributed by atoms with Gasteiger partial charge in [0.25, 0.3) is 0 Å². The van der Waals surface area contributed by atoms with Gasteiger partial charge in [0.1, 0.15) is 0 Å². The van der Waals surface area contributed by atoms with Crippen LogP contribution in [0.2, 0.25) is 0 Å². The van der Waals surface area contributed by atoms with Gasteiger partial charge in [0.05, 0.1) is 20.3 Å². The average Bonchev–Trinajstić information content (AvgIpc) is 3.07. The average molecular weight is 318 g/mol. The summed E-state index contributed by atoms with van der Waals surface area (Å²) in [5.41, 5.74) is 1.30. The normalized spacial score (nSPS) is 26.3. The highest BCUT2D eigenvalue weighted by Crippen LogP contribution is 2.50. The summed E-state index contributed by atoms with van der Waals surface area (Å²) in [6, 6.07) is 10.6. The number of hydrogen-bond acceptors (Lipinski definition) is 4. The van der Waals surface area contributed by atoms with E-state index in [0.29, 0.717) is 25.6 Å². The molecule has 1 saturated heterocycles. The van der Waals surface area contributed by atoms with E-state index >= 15 is 0 Å². The lowest BCUT2D eigenvalue weighted by Crippen LogP contribution is -2.47. The molecular weight excluding hydrogens is 292 g/mol. The summed E-state index contributed by atoms with van der Waals surface area (Å²) in [4.78, 5) is 11.4. The molecule has 3 rings (SSSR count). The Labute approximate surface area is 138 Å². The van der Waals surface area contributed by atoms with E-state index in [1.807, 2.05) is 6.07 Å². The fraction of sp³-hybridized carbons (Fsp3) is 0.632. The Bertz CT molecular complexity index is 507. The Balaban J connectivity index is 1.75. The van der Waals surface area contributed by atoms with Gasteiger partial charge >= 0.3 is 5.97 Å². The maximum Gasteiger partial charge on any atom is 0.305 e. The van der Waals surface area contributed by atoms with Crippen molar-refractivity contribution in [3.8, 4) is 0 Å². The molecule has 0 aromatic heterocycles. The summed E-state index contributed by atoms with van der Waals surface area (Å²) in [6.45, 7) is 1.33. The van der Waals surface area contributed by atoms with E-state index in [2.05, 4.69) is 24.3 Å². The molecule has 0 bridgehead atoms. The zero-order valence-corrected chi connectivity index (χ0v) is 13.8. The maximum atomic E-state index is 11.4. The summed E-state index contributed by atoms with van der Waals surface area (Å²) in [7, 11) is 1.44. The summed E-state index contributed by atoms with van der Waals surface area (Å²) in [6.07, 6.45) is 5.61. The molecule has 23 heavy (non-hydrogen) atoms. The van der Waals surface area contributed by atoms with Gasteiger partial charge in [0.15, 0.2) is 5.79 Å². The molecule has 0 amide bonds. The fourth-order valence-electron chi connectivity index (χ4n) is 4.16. The molecule has 0 N–H and O–H groups in total. The van der Waals surface area contributed by atoms with Gasteiger partial charge in [-0.15, -0.1) is 0 Å². The van der Waals surface area contributed by atoms with Crippen LogP contribution in [0.5, 0.6) is 0 Å². The zero-order valence-electron chi connectivity index (χ0n) is 13.8. The number of esters is 1. The molecule has 1 heterocycles. The van der Waals surface area contributed by atoms with Crippen LogP contribution in [0, 0.1) is 5.92 Å². The van der Waals surface area contributed by atoms with Gasteiger partial charge in [-0.3, -0.25) is 4.79 Å². The lowest BCUT2D eigenvalue weighted by atomic mass is 9.71. The molecule has 1 aromatic carbocycles. The Kier molecular flexibility index (Phi) is 5.34. The minimum absolute atomic E-state index is 0.136. The van der Waals surface area contributed by atoms with Crippen LogP contribution in [-0.2, 0) is 19.0 Å². The first kappa shape index (κ1) is 16.5. The number of carbonyl (C=O) groups excluding carboxylic acids is 1. The van der Waals surface area contributed by atoms with Crippen LogP contribution in [-0.4, -0.2) is 32.1 Å². The van der Waals surface area contributed by atoms with Gasteiger partial charge in [-0.25, -0.2) is 0 Å². The van der Waals surface area contributed by atoms with Gasteiger partial charge in [-0.2, -0.15) is 0 Å². The Hall–Kier alpha value is -1.39. The quantitative estimate of drug-likeness (QED) is 0.777. The zero-order chi connectivity index (χ0) is 16.1. The predicted molar refractivity (Wildman–Crippen MR) is 87.0 cm³/mol. The van der Waals surface area contributed by atoms with E-state index in [4.69, 9.17) is 14.2 Å². The second kappa shape index (κ2) is 7.45. The van der Waals surface area contributed by atoms with Gasteiger partial charge in [0, 0.05) is 18.3 Å². The van der Waals surface area contributed by atoms with Crippen molar-refractivity contribution in [2.24, 2.45) is 5.92 Å². The van der Waals surface area contributed by atoms with Crippen molar-refractivity contribution in [1.82, 2.24) is 0 Å². The molecule has 4 nitrogen and oxygen atoms in total. The minimum Gasteiger partial charge on any atom is -0.469 e. The van der Waals surface area contributed by atoms with Gasteiger partial charge in [0.2, 0.25) is 0 Å². The van der Waals surface area contributed by atoms with Gasteiger partial charge < -0.3 is 14.2 Å². The smallest absolute Gasteiger partial charge is 0.305 e. The number of hydrogen-bond donors (Lipinski definition) is 0. The monoisotopic (exact) mass is 318 g/mol.